The van der Waals surface area contributed by atoms with E-state index in [4.69, 9.17) is 16.3 Å². The zero-order valence-corrected chi connectivity index (χ0v) is 17.7. The highest BCUT2D eigenvalue weighted by Gasteiger charge is 2.18. The summed E-state index contributed by atoms with van der Waals surface area (Å²) in [7, 11) is 0. The molecular weight excluding hydrogens is 376 g/mol. The van der Waals surface area contributed by atoms with Crippen LogP contribution in [0.3, 0.4) is 0 Å². The average Bonchev–Trinajstić information content (AvgIpc) is 2.65. The fourth-order valence-corrected chi connectivity index (χ4v) is 3.14. The minimum absolute atomic E-state index is 0.0107. The van der Waals surface area contributed by atoms with Gasteiger partial charge in [0.1, 0.15) is 12.3 Å². The molecule has 0 bridgehead atoms. The summed E-state index contributed by atoms with van der Waals surface area (Å²) in [6.07, 6.45) is 0. The van der Waals surface area contributed by atoms with E-state index < -0.39 is 0 Å². The molecule has 5 nitrogen and oxygen atoms in total. The van der Waals surface area contributed by atoms with Gasteiger partial charge in [0.15, 0.2) is 12.3 Å². The van der Waals surface area contributed by atoms with Crippen molar-refractivity contribution < 1.29 is 19.2 Å². The van der Waals surface area contributed by atoms with Crippen molar-refractivity contribution in [1.82, 2.24) is 0 Å². The predicted octanol–water partition coefficient (Wildman–Crippen LogP) is 3.29. The van der Waals surface area contributed by atoms with E-state index in [9.17, 15) is 9.59 Å². The van der Waals surface area contributed by atoms with E-state index in [2.05, 4.69) is 5.32 Å². The second kappa shape index (κ2) is 10.2. The van der Waals surface area contributed by atoms with Gasteiger partial charge in [0, 0.05) is 21.8 Å². The molecule has 0 aliphatic rings. The van der Waals surface area contributed by atoms with Crippen molar-refractivity contribution in [3.8, 4) is 5.75 Å². The van der Waals surface area contributed by atoms with E-state index in [0.717, 1.165) is 34.0 Å². The SMILES string of the molecule is CCOc1ccc(C(C)=O)cc1C[NH+](CC)CC(=O)Nc1cc(Cl)ccc1C. The Balaban J connectivity index is 2.13. The van der Waals surface area contributed by atoms with Crippen molar-refractivity contribution in [3.05, 3.63) is 58.1 Å². The van der Waals surface area contributed by atoms with Crippen LogP contribution in [0.15, 0.2) is 36.4 Å². The van der Waals surface area contributed by atoms with E-state index in [-0.39, 0.29) is 11.7 Å². The summed E-state index contributed by atoms with van der Waals surface area (Å²) in [5, 5.41) is 3.53. The van der Waals surface area contributed by atoms with E-state index in [1.807, 2.05) is 39.0 Å². The van der Waals surface area contributed by atoms with E-state index in [1.165, 1.54) is 0 Å². The smallest absolute Gasteiger partial charge is 0.279 e. The molecule has 1 unspecified atom stereocenters. The van der Waals surface area contributed by atoms with Gasteiger partial charge in [0.25, 0.3) is 5.91 Å². The van der Waals surface area contributed by atoms with E-state index >= 15 is 0 Å². The highest BCUT2D eigenvalue weighted by atomic mass is 35.5. The van der Waals surface area contributed by atoms with Crippen LogP contribution in [0.4, 0.5) is 5.69 Å². The Kier molecular flexibility index (Phi) is 8.03. The summed E-state index contributed by atoms with van der Waals surface area (Å²) in [6.45, 7) is 9.63. The lowest BCUT2D eigenvalue weighted by Gasteiger charge is -2.20. The molecule has 0 fully saturated rings. The molecule has 0 aliphatic heterocycles. The van der Waals surface area contributed by atoms with Crippen LogP contribution in [0.25, 0.3) is 0 Å². The van der Waals surface area contributed by atoms with Gasteiger partial charge in [0.05, 0.1) is 13.2 Å². The van der Waals surface area contributed by atoms with Crippen molar-refractivity contribution in [2.45, 2.75) is 34.2 Å². The molecule has 2 aromatic carbocycles. The number of anilines is 1. The first-order chi connectivity index (χ1) is 13.3. The Hall–Kier alpha value is -2.37. The number of amides is 1. The molecule has 1 atom stereocenters. The summed E-state index contributed by atoms with van der Waals surface area (Å²) < 4.78 is 5.71. The van der Waals surface area contributed by atoms with Gasteiger partial charge in [-0.15, -0.1) is 0 Å². The molecule has 0 aliphatic carbocycles. The normalized spacial score (nSPS) is 11.8. The molecule has 6 heteroatoms. The average molecular weight is 404 g/mol. The second-order valence-electron chi connectivity index (χ2n) is 6.78. The van der Waals surface area contributed by atoms with Crippen molar-refractivity contribution in [2.24, 2.45) is 0 Å². The molecule has 0 radical (unpaired) electrons. The van der Waals surface area contributed by atoms with Crippen LogP contribution < -0.4 is 15.0 Å². The van der Waals surface area contributed by atoms with Crippen molar-refractivity contribution in [2.75, 3.05) is 25.0 Å². The third-order valence-corrected chi connectivity index (χ3v) is 4.83. The number of quaternary nitrogens is 1. The summed E-state index contributed by atoms with van der Waals surface area (Å²) in [6, 6.07) is 10.9. The summed E-state index contributed by atoms with van der Waals surface area (Å²) in [4.78, 5) is 25.4. The van der Waals surface area contributed by atoms with E-state index in [1.54, 1.807) is 25.1 Å². The van der Waals surface area contributed by atoms with Gasteiger partial charge < -0.3 is 15.0 Å². The molecule has 28 heavy (non-hydrogen) atoms. The predicted molar refractivity (Wildman–Crippen MR) is 113 cm³/mol. The molecule has 0 heterocycles. The lowest BCUT2D eigenvalue weighted by Crippen LogP contribution is -3.11. The summed E-state index contributed by atoms with van der Waals surface area (Å²) in [5.74, 6) is 0.684. The van der Waals surface area contributed by atoms with Crippen molar-refractivity contribution in [3.63, 3.8) is 0 Å². The van der Waals surface area contributed by atoms with Gasteiger partial charge in [-0.05, 0) is 63.6 Å². The van der Waals surface area contributed by atoms with Gasteiger partial charge in [-0.2, -0.15) is 0 Å². The number of Topliss-reactive ketones (excluding diaryl/α,β-unsaturated/α-hetero) is 1. The van der Waals surface area contributed by atoms with Crippen LogP contribution >= 0.6 is 11.6 Å². The lowest BCUT2D eigenvalue weighted by molar-refractivity contribution is -0.903. The number of rotatable bonds is 9. The summed E-state index contributed by atoms with van der Waals surface area (Å²) in [5.41, 5.74) is 3.26. The summed E-state index contributed by atoms with van der Waals surface area (Å²) >= 11 is 6.03. The first kappa shape index (κ1) is 21.9. The molecule has 0 saturated carbocycles. The van der Waals surface area contributed by atoms with Crippen LogP contribution in [-0.4, -0.2) is 31.4 Å². The largest absolute Gasteiger partial charge is 0.493 e. The Labute approximate surface area is 171 Å². The molecule has 2 aromatic rings. The zero-order chi connectivity index (χ0) is 20.7. The topological polar surface area (TPSA) is 59.8 Å². The molecule has 2 rings (SSSR count). The zero-order valence-electron chi connectivity index (χ0n) is 16.9. The number of hydrogen-bond acceptors (Lipinski definition) is 3. The molecule has 0 spiro atoms. The van der Waals surface area contributed by atoms with Crippen LogP contribution in [0.5, 0.6) is 5.75 Å². The standard InChI is InChI=1S/C22H27ClN2O3/c1-5-25(14-22(27)24-20-12-19(23)9-7-15(20)3)13-18-11-17(16(4)26)8-10-21(18)28-6-2/h7-12H,5-6,13-14H2,1-4H3,(H,24,27)/p+1. The van der Waals surface area contributed by atoms with Gasteiger partial charge in [-0.1, -0.05) is 17.7 Å². The quantitative estimate of drug-likeness (QED) is 0.631. The Morgan fingerprint density at radius 2 is 1.89 bits per heavy atom. The first-order valence-corrected chi connectivity index (χ1v) is 9.88. The number of likely N-dealkylation sites (N-methyl/N-ethyl adjacent to an activating group) is 1. The molecular formula is C22H28ClN2O3+. The second-order valence-corrected chi connectivity index (χ2v) is 7.21. The number of carbonyl (C=O) groups excluding carboxylic acids is 2. The van der Waals surface area contributed by atoms with Crippen LogP contribution in [-0.2, 0) is 11.3 Å². The van der Waals surface area contributed by atoms with Crippen LogP contribution in [0.2, 0.25) is 5.02 Å². The molecule has 0 aromatic heterocycles. The maximum absolute atomic E-state index is 12.6. The number of benzene rings is 2. The molecule has 2 N–H and O–H groups in total. The highest BCUT2D eigenvalue weighted by Crippen LogP contribution is 2.21. The first-order valence-electron chi connectivity index (χ1n) is 9.50. The van der Waals surface area contributed by atoms with E-state index in [0.29, 0.717) is 30.3 Å². The number of nitrogens with one attached hydrogen (secondary N) is 2. The lowest BCUT2D eigenvalue weighted by atomic mass is 10.1. The van der Waals surface area contributed by atoms with Crippen molar-refractivity contribution in [1.29, 1.82) is 0 Å². The van der Waals surface area contributed by atoms with Crippen LogP contribution in [0, 0.1) is 6.92 Å². The van der Waals surface area contributed by atoms with Gasteiger partial charge in [0.2, 0.25) is 0 Å². The van der Waals surface area contributed by atoms with Gasteiger partial charge in [-0.3, -0.25) is 9.59 Å². The minimum atomic E-state index is -0.0806. The number of ketones is 1. The van der Waals surface area contributed by atoms with Crippen LogP contribution in [0.1, 0.15) is 42.3 Å². The molecule has 1 amide bonds. The molecule has 150 valence electrons. The highest BCUT2D eigenvalue weighted by molar-refractivity contribution is 6.31. The molecule has 0 saturated heterocycles. The fraction of sp³-hybridized carbons (Fsp3) is 0.364. The Morgan fingerprint density at radius 3 is 2.54 bits per heavy atom. The number of ether oxygens (including phenoxy) is 1. The van der Waals surface area contributed by atoms with Gasteiger partial charge >= 0.3 is 0 Å². The van der Waals surface area contributed by atoms with Crippen molar-refractivity contribution >= 4 is 29.0 Å². The Morgan fingerprint density at radius 1 is 1.14 bits per heavy atom. The fourth-order valence-electron chi connectivity index (χ4n) is 2.97. The maximum Gasteiger partial charge on any atom is 0.279 e. The Bertz CT molecular complexity index is 852. The number of halogens is 1. The van der Waals surface area contributed by atoms with Gasteiger partial charge in [-0.25, -0.2) is 0 Å². The maximum atomic E-state index is 12.6. The number of carbonyl (C=O) groups is 2. The monoisotopic (exact) mass is 403 g/mol. The number of hydrogen-bond donors (Lipinski definition) is 2. The minimum Gasteiger partial charge on any atom is -0.493 e. The third kappa shape index (κ3) is 6.08. The number of aryl methyl sites for hydroxylation is 1. The third-order valence-electron chi connectivity index (χ3n) is 4.59.